The predicted molar refractivity (Wildman–Crippen MR) is 101 cm³/mol. The second-order valence-electron chi connectivity index (χ2n) is 4.57. The van der Waals surface area contributed by atoms with Gasteiger partial charge in [-0.1, -0.05) is 18.2 Å². The largest absolute Gasteiger partial charge is 0.383 e. The van der Waals surface area contributed by atoms with Gasteiger partial charge in [-0.3, -0.25) is 4.57 Å². The molecule has 0 fully saturated rings. The highest BCUT2D eigenvalue weighted by molar-refractivity contribution is 14.0. The van der Waals surface area contributed by atoms with E-state index in [1.165, 1.54) is 0 Å². The Morgan fingerprint density at radius 1 is 1.26 bits per heavy atom. The topological polar surface area (TPSA) is 76.4 Å². The van der Waals surface area contributed by atoms with Gasteiger partial charge in [0.15, 0.2) is 11.8 Å². The average molecular weight is 430 g/mol. The molecule has 0 aliphatic heterocycles. The molecule has 2 rings (SSSR count). The Morgan fingerprint density at radius 2 is 2.04 bits per heavy atom. The van der Waals surface area contributed by atoms with E-state index in [0.717, 1.165) is 24.0 Å². The molecule has 1 aromatic heterocycles. The van der Waals surface area contributed by atoms with Gasteiger partial charge in [-0.15, -0.1) is 34.2 Å². The van der Waals surface area contributed by atoms with Crippen LogP contribution in [0.25, 0.3) is 5.69 Å². The van der Waals surface area contributed by atoms with Crippen molar-refractivity contribution in [1.29, 1.82) is 0 Å². The number of rotatable bonds is 7. The Labute approximate surface area is 153 Å². The summed E-state index contributed by atoms with van der Waals surface area (Å²) in [7, 11) is 1.67. The number of aliphatic imine (C=N–C) groups is 1. The standard InChI is InChI=1S/C15H22N6O.HI/c1-3-16-15(17-9-10-22-2)18-11-14-20-19-12-21(14)13-7-5-4-6-8-13;/h4-8,12H,3,9-11H2,1-2H3,(H2,16,17,18);1H. The molecule has 0 unspecified atom stereocenters. The van der Waals surface area contributed by atoms with Gasteiger partial charge in [0.1, 0.15) is 12.9 Å². The fourth-order valence-corrected chi connectivity index (χ4v) is 1.93. The van der Waals surface area contributed by atoms with Crippen molar-refractivity contribution in [3.8, 4) is 5.69 Å². The third-order valence-electron chi connectivity index (χ3n) is 2.97. The summed E-state index contributed by atoms with van der Waals surface area (Å²) in [5.41, 5.74) is 1.02. The van der Waals surface area contributed by atoms with Gasteiger partial charge in [-0.25, -0.2) is 4.99 Å². The maximum Gasteiger partial charge on any atom is 0.191 e. The number of para-hydroxylation sites is 1. The van der Waals surface area contributed by atoms with Crippen LogP contribution in [0.2, 0.25) is 0 Å². The molecule has 126 valence electrons. The molecule has 0 saturated carbocycles. The molecule has 0 radical (unpaired) electrons. The molecular formula is C15H23IN6O. The van der Waals surface area contributed by atoms with Crippen LogP contribution < -0.4 is 10.6 Å². The molecule has 0 amide bonds. The second-order valence-corrected chi connectivity index (χ2v) is 4.57. The second kappa shape index (κ2) is 10.9. The molecule has 0 aliphatic rings. The van der Waals surface area contributed by atoms with Crippen LogP contribution in [0.3, 0.4) is 0 Å². The molecule has 0 spiro atoms. The summed E-state index contributed by atoms with van der Waals surface area (Å²) in [5.74, 6) is 1.53. The van der Waals surface area contributed by atoms with Crippen LogP contribution in [0.1, 0.15) is 12.7 Å². The van der Waals surface area contributed by atoms with E-state index in [1.54, 1.807) is 13.4 Å². The molecule has 2 aromatic rings. The highest BCUT2D eigenvalue weighted by Gasteiger charge is 2.06. The Bertz CT molecular complexity index is 587. The quantitative estimate of drug-likeness (QED) is 0.302. The van der Waals surface area contributed by atoms with Gasteiger partial charge >= 0.3 is 0 Å². The van der Waals surface area contributed by atoms with E-state index >= 15 is 0 Å². The number of aromatic nitrogens is 3. The lowest BCUT2D eigenvalue weighted by Gasteiger charge is -2.11. The minimum Gasteiger partial charge on any atom is -0.383 e. The number of hydrogen-bond donors (Lipinski definition) is 2. The van der Waals surface area contributed by atoms with Crippen molar-refractivity contribution in [2.75, 3.05) is 26.8 Å². The molecule has 0 bridgehead atoms. The van der Waals surface area contributed by atoms with Crippen LogP contribution >= 0.6 is 24.0 Å². The maximum absolute atomic E-state index is 5.03. The van der Waals surface area contributed by atoms with Crippen LogP contribution in [-0.4, -0.2) is 47.5 Å². The average Bonchev–Trinajstić information content (AvgIpc) is 3.02. The van der Waals surface area contributed by atoms with Crippen LogP contribution in [0, 0.1) is 0 Å². The summed E-state index contributed by atoms with van der Waals surface area (Å²) in [6.07, 6.45) is 1.70. The molecule has 1 heterocycles. The van der Waals surface area contributed by atoms with E-state index in [9.17, 15) is 0 Å². The van der Waals surface area contributed by atoms with Crippen molar-refractivity contribution < 1.29 is 4.74 Å². The van der Waals surface area contributed by atoms with Gasteiger partial charge in [0, 0.05) is 25.9 Å². The smallest absolute Gasteiger partial charge is 0.191 e. The highest BCUT2D eigenvalue weighted by atomic mass is 127. The van der Waals surface area contributed by atoms with Crippen LogP contribution in [0.15, 0.2) is 41.7 Å². The van der Waals surface area contributed by atoms with E-state index in [4.69, 9.17) is 4.74 Å². The van der Waals surface area contributed by atoms with E-state index in [1.807, 2.05) is 41.8 Å². The lowest BCUT2D eigenvalue weighted by molar-refractivity contribution is 0.203. The molecule has 23 heavy (non-hydrogen) atoms. The monoisotopic (exact) mass is 430 g/mol. The van der Waals surface area contributed by atoms with E-state index in [0.29, 0.717) is 19.7 Å². The van der Waals surface area contributed by atoms with Crippen molar-refractivity contribution in [2.45, 2.75) is 13.5 Å². The van der Waals surface area contributed by atoms with E-state index in [2.05, 4.69) is 25.8 Å². The number of ether oxygens (including phenoxy) is 1. The number of nitrogens with zero attached hydrogens (tertiary/aromatic N) is 4. The number of nitrogens with one attached hydrogen (secondary N) is 2. The number of guanidine groups is 1. The minimum atomic E-state index is 0. The summed E-state index contributed by atoms with van der Waals surface area (Å²) in [6, 6.07) is 9.98. The fraction of sp³-hybridized carbons (Fsp3) is 0.400. The zero-order valence-electron chi connectivity index (χ0n) is 13.4. The summed E-state index contributed by atoms with van der Waals surface area (Å²) in [6.45, 7) is 4.60. The number of benzene rings is 1. The van der Waals surface area contributed by atoms with Gasteiger partial charge in [-0.2, -0.15) is 0 Å². The van der Waals surface area contributed by atoms with Gasteiger partial charge in [-0.05, 0) is 19.1 Å². The third-order valence-corrected chi connectivity index (χ3v) is 2.97. The molecule has 0 saturated heterocycles. The SMILES string of the molecule is CCNC(=NCc1nncn1-c1ccccc1)NCCOC.I. The summed E-state index contributed by atoms with van der Waals surface area (Å²) >= 11 is 0. The molecule has 0 atom stereocenters. The van der Waals surface area contributed by atoms with Crippen molar-refractivity contribution in [2.24, 2.45) is 4.99 Å². The van der Waals surface area contributed by atoms with Crippen molar-refractivity contribution >= 4 is 29.9 Å². The van der Waals surface area contributed by atoms with Crippen LogP contribution in [-0.2, 0) is 11.3 Å². The first-order valence-corrected chi connectivity index (χ1v) is 7.30. The molecule has 0 aliphatic carbocycles. The lowest BCUT2D eigenvalue weighted by Crippen LogP contribution is -2.38. The Balaban J connectivity index is 0.00000264. The van der Waals surface area contributed by atoms with Crippen molar-refractivity contribution in [3.05, 3.63) is 42.5 Å². The lowest BCUT2D eigenvalue weighted by atomic mass is 10.3. The number of methoxy groups -OCH3 is 1. The molecule has 7 nitrogen and oxygen atoms in total. The summed E-state index contributed by atoms with van der Waals surface area (Å²) < 4.78 is 6.96. The first-order valence-electron chi connectivity index (χ1n) is 7.30. The van der Waals surface area contributed by atoms with E-state index in [-0.39, 0.29) is 24.0 Å². The maximum atomic E-state index is 5.03. The Kier molecular flexibility index (Phi) is 9.22. The number of halogens is 1. The van der Waals surface area contributed by atoms with Crippen LogP contribution in [0.5, 0.6) is 0 Å². The van der Waals surface area contributed by atoms with Crippen LogP contribution in [0.4, 0.5) is 0 Å². The minimum absolute atomic E-state index is 0. The third kappa shape index (κ3) is 6.14. The zero-order chi connectivity index (χ0) is 15.6. The number of hydrogen-bond acceptors (Lipinski definition) is 4. The summed E-state index contributed by atoms with van der Waals surface area (Å²) in [4.78, 5) is 4.53. The van der Waals surface area contributed by atoms with Gasteiger partial charge in [0.25, 0.3) is 0 Å². The van der Waals surface area contributed by atoms with Gasteiger partial charge < -0.3 is 15.4 Å². The predicted octanol–water partition coefficient (Wildman–Crippen LogP) is 1.59. The van der Waals surface area contributed by atoms with E-state index < -0.39 is 0 Å². The van der Waals surface area contributed by atoms with Gasteiger partial charge in [0.2, 0.25) is 0 Å². The van der Waals surface area contributed by atoms with Gasteiger partial charge in [0.05, 0.1) is 6.61 Å². The Hall–Kier alpha value is -1.68. The first kappa shape index (κ1) is 19.4. The molecular weight excluding hydrogens is 407 g/mol. The van der Waals surface area contributed by atoms with Crippen molar-refractivity contribution in [3.63, 3.8) is 0 Å². The molecule has 1 aromatic carbocycles. The highest BCUT2D eigenvalue weighted by Crippen LogP contribution is 2.09. The molecule has 8 heteroatoms. The summed E-state index contributed by atoms with van der Waals surface area (Å²) in [5, 5.41) is 14.5. The fourth-order valence-electron chi connectivity index (χ4n) is 1.93. The normalized spacial score (nSPS) is 11.0. The van der Waals surface area contributed by atoms with Crippen molar-refractivity contribution in [1.82, 2.24) is 25.4 Å². The molecule has 2 N–H and O–H groups in total. The Morgan fingerprint density at radius 3 is 2.74 bits per heavy atom. The first-order chi connectivity index (χ1) is 10.8. The zero-order valence-corrected chi connectivity index (χ0v) is 15.7.